The number of para-hydroxylation sites is 1. The van der Waals surface area contributed by atoms with Crippen molar-refractivity contribution >= 4 is 15.9 Å². The Morgan fingerprint density at radius 3 is 2.42 bits per heavy atom. The molecule has 2 aromatic carbocycles. The molecule has 2 aromatic rings. The lowest BCUT2D eigenvalue weighted by atomic mass is 9.88. The minimum absolute atomic E-state index is 0.0764. The maximum absolute atomic E-state index is 13.3. The molecule has 7 heteroatoms. The molecule has 31 heavy (non-hydrogen) atoms. The van der Waals surface area contributed by atoms with E-state index in [0.29, 0.717) is 24.6 Å². The average Bonchev–Trinajstić information content (AvgIpc) is 2.81. The van der Waals surface area contributed by atoms with Crippen LogP contribution in [0, 0.1) is 5.92 Å². The number of rotatable bonds is 6. The van der Waals surface area contributed by atoms with E-state index < -0.39 is 10.0 Å². The molecule has 1 N–H and O–H groups in total. The number of hydrogen-bond acceptors (Lipinski definition) is 4. The highest BCUT2D eigenvalue weighted by molar-refractivity contribution is 7.89. The SMILES string of the molecule is O=C(N[C@H]1CCCN(S(=O)(=O)c2cccc(Oc3ccccc3)c2)C1)C1CCCCC1. The van der Waals surface area contributed by atoms with Gasteiger partial charge in [-0.25, -0.2) is 8.42 Å². The second kappa shape index (κ2) is 9.83. The number of benzene rings is 2. The molecule has 1 atom stereocenters. The van der Waals surface area contributed by atoms with Crippen LogP contribution < -0.4 is 10.1 Å². The maximum atomic E-state index is 13.3. The molecule has 1 saturated heterocycles. The lowest BCUT2D eigenvalue weighted by Gasteiger charge is -2.33. The van der Waals surface area contributed by atoms with Crippen molar-refractivity contribution in [1.82, 2.24) is 9.62 Å². The molecule has 0 radical (unpaired) electrons. The normalized spacial score (nSPS) is 20.8. The average molecular weight is 443 g/mol. The highest BCUT2D eigenvalue weighted by Crippen LogP contribution is 2.28. The van der Waals surface area contributed by atoms with Crippen molar-refractivity contribution in [3.8, 4) is 11.5 Å². The Labute approximate surface area is 184 Å². The molecule has 0 aromatic heterocycles. The van der Waals surface area contributed by atoms with Crippen LogP contribution in [0.25, 0.3) is 0 Å². The van der Waals surface area contributed by atoms with Crippen LogP contribution in [0.2, 0.25) is 0 Å². The van der Waals surface area contributed by atoms with E-state index in [9.17, 15) is 13.2 Å². The molecule has 1 aliphatic heterocycles. The molecule has 0 bridgehead atoms. The largest absolute Gasteiger partial charge is 0.457 e. The Hall–Kier alpha value is -2.38. The van der Waals surface area contributed by atoms with Crippen molar-refractivity contribution in [2.45, 2.75) is 55.9 Å². The van der Waals surface area contributed by atoms with Gasteiger partial charge in [0.1, 0.15) is 11.5 Å². The van der Waals surface area contributed by atoms with Crippen LogP contribution in [-0.4, -0.2) is 37.8 Å². The number of ether oxygens (including phenoxy) is 1. The van der Waals surface area contributed by atoms with Gasteiger partial charge in [-0.05, 0) is 49.9 Å². The number of carbonyl (C=O) groups is 1. The van der Waals surface area contributed by atoms with Crippen LogP contribution in [0.4, 0.5) is 0 Å². The molecule has 1 aliphatic carbocycles. The number of amides is 1. The van der Waals surface area contributed by atoms with E-state index in [1.54, 1.807) is 24.3 Å². The van der Waals surface area contributed by atoms with E-state index in [1.165, 1.54) is 10.7 Å². The molecule has 6 nitrogen and oxygen atoms in total. The van der Waals surface area contributed by atoms with E-state index in [0.717, 1.165) is 38.5 Å². The second-order valence-electron chi connectivity index (χ2n) is 8.44. The summed E-state index contributed by atoms with van der Waals surface area (Å²) in [4.78, 5) is 12.8. The Morgan fingerprint density at radius 2 is 1.65 bits per heavy atom. The highest BCUT2D eigenvalue weighted by Gasteiger charge is 2.32. The van der Waals surface area contributed by atoms with Gasteiger partial charge in [0.05, 0.1) is 4.90 Å². The number of hydrogen-bond donors (Lipinski definition) is 1. The molecule has 0 spiro atoms. The van der Waals surface area contributed by atoms with E-state index >= 15 is 0 Å². The highest BCUT2D eigenvalue weighted by atomic mass is 32.2. The Kier molecular flexibility index (Phi) is 6.92. The molecule has 166 valence electrons. The number of nitrogens with zero attached hydrogens (tertiary/aromatic N) is 1. The summed E-state index contributed by atoms with van der Waals surface area (Å²) < 4.78 is 33.9. The summed E-state index contributed by atoms with van der Waals surface area (Å²) in [6.45, 7) is 0.770. The molecular formula is C24H30N2O4S. The summed E-state index contributed by atoms with van der Waals surface area (Å²) in [7, 11) is -3.67. The number of sulfonamides is 1. The van der Waals surface area contributed by atoms with Gasteiger partial charge in [-0.2, -0.15) is 4.31 Å². The summed E-state index contributed by atoms with van der Waals surface area (Å²) in [5, 5.41) is 3.12. The van der Waals surface area contributed by atoms with Crippen LogP contribution in [0.3, 0.4) is 0 Å². The number of nitrogens with one attached hydrogen (secondary N) is 1. The van der Waals surface area contributed by atoms with Crippen LogP contribution in [-0.2, 0) is 14.8 Å². The lowest BCUT2D eigenvalue weighted by molar-refractivity contribution is -0.126. The summed E-state index contributed by atoms with van der Waals surface area (Å²) in [5.74, 6) is 1.29. The molecular weight excluding hydrogens is 412 g/mol. The van der Waals surface area contributed by atoms with Gasteiger partial charge in [0.25, 0.3) is 0 Å². The van der Waals surface area contributed by atoms with Gasteiger partial charge >= 0.3 is 0 Å². The van der Waals surface area contributed by atoms with Crippen molar-refractivity contribution in [2.24, 2.45) is 5.92 Å². The molecule has 1 amide bonds. The van der Waals surface area contributed by atoms with Gasteiger partial charge in [0.2, 0.25) is 15.9 Å². The van der Waals surface area contributed by atoms with Crippen molar-refractivity contribution in [1.29, 1.82) is 0 Å². The second-order valence-corrected chi connectivity index (χ2v) is 10.4. The van der Waals surface area contributed by atoms with Gasteiger partial charge in [0, 0.05) is 31.1 Å². The summed E-state index contributed by atoms with van der Waals surface area (Å²) >= 11 is 0. The molecule has 4 rings (SSSR count). The minimum atomic E-state index is -3.67. The fourth-order valence-electron chi connectivity index (χ4n) is 4.43. The summed E-state index contributed by atoms with van der Waals surface area (Å²) in [6, 6.07) is 15.7. The Morgan fingerprint density at radius 1 is 0.903 bits per heavy atom. The molecule has 0 unspecified atom stereocenters. The smallest absolute Gasteiger partial charge is 0.243 e. The fourth-order valence-corrected chi connectivity index (χ4v) is 5.99. The van der Waals surface area contributed by atoms with Gasteiger partial charge in [0.15, 0.2) is 0 Å². The van der Waals surface area contributed by atoms with Crippen LogP contribution >= 0.6 is 0 Å². The first-order chi connectivity index (χ1) is 15.0. The first kappa shape index (κ1) is 21.8. The van der Waals surface area contributed by atoms with Crippen molar-refractivity contribution in [3.05, 3.63) is 54.6 Å². The van der Waals surface area contributed by atoms with Gasteiger partial charge in [-0.1, -0.05) is 43.5 Å². The van der Waals surface area contributed by atoms with Crippen molar-refractivity contribution < 1.29 is 17.9 Å². The minimum Gasteiger partial charge on any atom is -0.457 e. The monoisotopic (exact) mass is 442 g/mol. The van der Waals surface area contributed by atoms with Crippen LogP contribution in [0.1, 0.15) is 44.9 Å². The third kappa shape index (κ3) is 5.46. The van der Waals surface area contributed by atoms with E-state index in [-0.39, 0.29) is 22.8 Å². The Balaban J connectivity index is 1.43. The van der Waals surface area contributed by atoms with E-state index in [4.69, 9.17) is 4.74 Å². The zero-order valence-electron chi connectivity index (χ0n) is 17.7. The van der Waals surface area contributed by atoms with E-state index in [2.05, 4.69) is 5.32 Å². The summed E-state index contributed by atoms with van der Waals surface area (Å²) in [6.07, 6.45) is 6.82. The molecule has 2 aliphatic rings. The zero-order valence-corrected chi connectivity index (χ0v) is 18.5. The number of carbonyl (C=O) groups excluding carboxylic acids is 1. The Bertz CT molecular complexity index is 988. The topological polar surface area (TPSA) is 75.7 Å². The van der Waals surface area contributed by atoms with Gasteiger partial charge < -0.3 is 10.1 Å². The molecule has 1 heterocycles. The lowest BCUT2D eigenvalue weighted by Crippen LogP contribution is -2.50. The summed E-state index contributed by atoms with van der Waals surface area (Å²) in [5.41, 5.74) is 0. The fraction of sp³-hybridized carbons (Fsp3) is 0.458. The maximum Gasteiger partial charge on any atom is 0.243 e. The van der Waals surface area contributed by atoms with Gasteiger partial charge in [-0.15, -0.1) is 0 Å². The first-order valence-corrected chi connectivity index (χ1v) is 12.6. The van der Waals surface area contributed by atoms with Crippen LogP contribution in [0.15, 0.2) is 59.5 Å². The van der Waals surface area contributed by atoms with Crippen molar-refractivity contribution in [3.63, 3.8) is 0 Å². The van der Waals surface area contributed by atoms with Gasteiger partial charge in [-0.3, -0.25) is 4.79 Å². The predicted molar refractivity (Wildman–Crippen MR) is 119 cm³/mol. The van der Waals surface area contributed by atoms with Crippen LogP contribution in [0.5, 0.6) is 11.5 Å². The predicted octanol–water partition coefficient (Wildman–Crippen LogP) is 4.33. The van der Waals surface area contributed by atoms with E-state index in [1.807, 2.05) is 30.3 Å². The zero-order chi connectivity index (χ0) is 21.7. The third-order valence-corrected chi connectivity index (χ3v) is 7.99. The molecule has 1 saturated carbocycles. The number of piperidine rings is 1. The molecule has 2 fully saturated rings. The third-order valence-electron chi connectivity index (χ3n) is 6.13. The van der Waals surface area contributed by atoms with Crippen molar-refractivity contribution in [2.75, 3.05) is 13.1 Å². The first-order valence-electron chi connectivity index (χ1n) is 11.2. The standard InChI is InChI=1S/C24H30N2O4S/c27-24(19-9-3-1-4-10-19)25-20-11-8-16-26(18-20)31(28,29)23-15-7-14-22(17-23)30-21-12-5-2-6-13-21/h2,5-7,12-15,17,19-20H,1,3-4,8-11,16,18H2,(H,25,27)/t20-/m0/s1. The quantitative estimate of drug-likeness (QED) is 0.723.